The Morgan fingerprint density at radius 1 is 0.464 bits per heavy atom. The van der Waals surface area contributed by atoms with Gasteiger partial charge in [-0.15, -0.1) is 0 Å². The topological polar surface area (TPSA) is 246 Å². The summed E-state index contributed by atoms with van der Waals surface area (Å²) in [6.07, 6.45) is 12.3. The Kier molecular flexibility index (Phi) is 14.0. The van der Waals surface area contributed by atoms with Crippen LogP contribution in [0.15, 0.2) is 127 Å². The van der Waals surface area contributed by atoms with E-state index >= 15 is 0 Å². The zero-order chi connectivity index (χ0) is 47.9. The molecule has 0 aliphatic carbocycles. The molecule has 0 spiro atoms. The van der Waals surface area contributed by atoms with Crippen LogP contribution < -0.4 is 39.3 Å². The number of carbonyl (C=O) groups excluding carboxylic acids is 2. The first-order chi connectivity index (χ1) is 33.7. The van der Waals surface area contributed by atoms with Gasteiger partial charge < -0.3 is 49.3 Å². The number of aromatic nitrogens is 4. The minimum Gasteiger partial charge on any atom is -0.399 e. The lowest BCUT2D eigenvalue weighted by Crippen LogP contribution is -2.35. The van der Waals surface area contributed by atoms with Crippen molar-refractivity contribution in [3.8, 4) is 44.5 Å². The van der Waals surface area contributed by atoms with E-state index in [0.29, 0.717) is 54.4 Å². The molecule has 2 aliphatic rings. The number of hydrogen-bond acceptors (Lipinski definition) is 9. The smallest absolute Gasteiger partial charge is 0.241 e. The standard InChI is InChI=1S/C56H57N11O2/c57-29-6-4-19-41(60)55(68)62-39-17-9-14-36(32-39)53-47-24-22-44(65-47)51(34-11-2-1-3-12-34)43-21-23-45(64-43)52(35-13-8-16-38(59)31-35)46-25-26-48(66-46)54(50-28-27-49(53)67-50)37-15-10-18-40(33-37)63-56(69)42(61)20-5-7-30-58/h1-3,8-18,21-28,31-33,41-42,65-66H,4-7,19-20,29-30,57-61H2,(H,62,68)(H,63,69). The minimum atomic E-state index is -0.680. The Balaban J connectivity index is 1.31. The van der Waals surface area contributed by atoms with Crippen LogP contribution in [0.2, 0.25) is 0 Å². The molecule has 5 heterocycles. The Morgan fingerprint density at radius 3 is 1.25 bits per heavy atom. The van der Waals surface area contributed by atoms with E-state index in [-0.39, 0.29) is 11.8 Å². The number of amides is 2. The third-order valence-electron chi connectivity index (χ3n) is 12.4. The number of anilines is 3. The van der Waals surface area contributed by atoms with Gasteiger partial charge in [0.2, 0.25) is 11.8 Å². The lowest BCUT2D eigenvalue weighted by molar-refractivity contribution is -0.118. The zero-order valence-electron chi connectivity index (χ0n) is 38.3. The predicted octanol–water partition coefficient (Wildman–Crippen LogP) is 9.70. The highest BCUT2D eigenvalue weighted by molar-refractivity contribution is 6.02. The number of unbranched alkanes of at least 4 members (excludes halogenated alkanes) is 2. The van der Waals surface area contributed by atoms with Gasteiger partial charge in [-0.3, -0.25) is 9.59 Å². The summed E-state index contributed by atoms with van der Waals surface area (Å²) in [5.74, 6) is -0.533. The second-order valence-corrected chi connectivity index (χ2v) is 17.4. The number of aromatic amines is 2. The molecule has 13 nitrogen and oxygen atoms in total. The number of fused-ring (bicyclic) bond motifs is 8. The first-order valence-electron chi connectivity index (χ1n) is 23.5. The fourth-order valence-corrected chi connectivity index (χ4v) is 8.97. The lowest BCUT2D eigenvalue weighted by Gasteiger charge is -2.13. The second-order valence-electron chi connectivity index (χ2n) is 17.4. The monoisotopic (exact) mass is 915 g/mol. The quantitative estimate of drug-likeness (QED) is 0.0330. The normalized spacial score (nSPS) is 12.8. The van der Waals surface area contributed by atoms with Crippen molar-refractivity contribution in [1.82, 2.24) is 19.9 Å². The molecule has 0 saturated heterocycles. The average molecular weight is 916 g/mol. The van der Waals surface area contributed by atoms with Gasteiger partial charge in [0.25, 0.3) is 0 Å². The number of nitrogens with one attached hydrogen (secondary N) is 4. The number of hydrogen-bond donors (Lipinski definition) is 9. The molecule has 2 unspecified atom stereocenters. The maximum Gasteiger partial charge on any atom is 0.241 e. The van der Waals surface area contributed by atoms with Gasteiger partial charge in [-0.25, -0.2) is 9.97 Å². The SMILES string of the molecule is NCCCCC(N)C(=O)Nc1cccc(-c2c3nc(c(-c4cccc(NC(=O)C(N)CCCCN)c4)c4ccc([nH]4)c(-c4cccc(N)c4)c4nc(c(-c5ccccc5)c5ccc2[nH]5)C=C4)C=C3)c1. The van der Waals surface area contributed by atoms with E-state index in [0.717, 1.165) is 104 Å². The van der Waals surface area contributed by atoms with Gasteiger partial charge in [0.05, 0.1) is 34.9 Å². The molecule has 2 atom stereocenters. The first kappa shape index (κ1) is 46.2. The number of carbonyl (C=O) groups is 2. The van der Waals surface area contributed by atoms with Gasteiger partial charge in [0, 0.05) is 61.4 Å². The van der Waals surface area contributed by atoms with Crippen molar-refractivity contribution in [2.45, 2.75) is 50.6 Å². The Hall–Kier alpha value is -7.94. The highest BCUT2D eigenvalue weighted by Gasteiger charge is 2.21. The van der Waals surface area contributed by atoms with Crippen LogP contribution in [0, 0.1) is 0 Å². The van der Waals surface area contributed by atoms with Crippen LogP contribution in [0.4, 0.5) is 17.1 Å². The molecule has 69 heavy (non-hydrogen) atoms. The summed E-state index contributed by atoms with van der Waals surface area (Å²) in [7, 11) is 0. The molecule has 13 heteroatoms. The maximum absolute atomic E-state index is 13.4. The van der Waals surface area contributed by atoms with Gasteiger partial charge in [-0.05, 0) is 146 Å². The van der Waals surface area contributed by atoms with Gasteiger partial charge in [0.1, 0.15) is 0 Å². The van der Waals surface area contributed by atoms with Gasteiger partial charge >= 0.3 is 0 Å². The highest BCUT2D eigenvalue weighted by atomic mass is 16.2. The van der Waals surface area contributed by atoms with E-state index in [1.54, 1.807) is 0 Å². The number of nitrogens with zero attached hydrogens (tertiary/aromatic N) is 2. The van der Waals surface area contributed by atoms with Crippen molar-refractivity contribution < 1.29 is 9.59 Å². The van der Waals surface area contributed by atoms with Crippen molar-refractivity contribution in [3.63, 3.8) is 0 Å². The van der Waals surface area contributed by atoms with E-state index in [9.17, 15) is 9.59 Å². The average Bonchev–Trinajstić information content (AvgIpc) is 4.21. The number of rotatable bonds is 16. The summed E-state index contributed by atoms with van der Waals surface area (Å²) in [6.45, 7) is 1.10. The summed E-state index contributed by atoms with van der Waals surface area (Å²) < 4.78 is 0. The van der Waals surface area contributed by atoms with E-state index in [1.807, 2.05) is 115 Å². The second kappa shape index (κ2) is 20.9. The number of nitrogens with two attached hydrogens (primary N) is 5. The molecule has 4 aromatic carbocycles. The Labute approximate surface area is 401 Å². The molecule has 8 bridgehead atoms. The molecule has 3 aromatic heterocycles. The first-order valence-corrected chi connectivity index (χ1v) is 23.5. The molecular formula is C56H57N11O2. The fourth-order valence-electron chi connectivity index (χ4n) is 8.97. The van der Waals surface area contributed by atoms with Crippen LogP contribution in [-0.2, 0) is 9.59 Å². The highest BCUT2D eigenvalue weighted by Crippen LogP contribution is 2.39. The fraction of sp³-hybridized carbons (Fsp3) is 0.179. The summed E-state index contributed by atoms with van der Waals surface area (Å²) in [5.41, 5.74) is 45.3. The van der Waals surface area contributed by atoms with E-state index < -0.39 is 12.1 Å². The van der Waals surface area contributed by atoms with Crippen LogP contribution in [0.3, 0.4) is 0 Å². The van der Waals surface area contributed by atoms with Gasteiger partial charge in [-0.1, -0.05) is 79.6 Å². The van der Waals surface area contributed by atoms with Crippen LogP contribution in [0.1, 0.15) is 61.3 Å². The van der Waals surface area contributed by atoms with Crippen molar-refractivity contribution in [3.05, 3.63) is 150 Å². The number of nitrogen functional groups attached to an aromatic ring is 1. The van der Waals surface area contributed by atoms with Crippen LogP contribution in [0.25, 0.3) is 90.9 Å². The lowest BCUT2D eigenvalue weighted by atomic mass is 10.0. The summed E-state index contributed by atoms with van der Waals surface area (Å²) in [4.78, 5) is 45.0. The van der Waals surface area contributed by atoms with Crippen LogP contribution in [0.5, 0.6) is 0 Å². The van der Waals surface area contributed by atoms with E-state index in [4.69, 9.17) is 38.6 Å². The molecule has 0 fully saturated rings. The third-order valence-corrected chi connectivity index (χ3v) is 12.4. The number of benzene rings is 4. The van der Waals surface area contributed by atoms with Crippen molar-refractivity contribution in [1.29, 1.82) is 0 Å². The molecule has 0 saturated carbocycles. The van der Waals surface area contributed by atoms with E-state index in [1.165, 1.54) is 0 Å². The third kappa shape index (κ3) is 10.3. The molecule has 7 aromatic rings. The molecular weight excluding hydrogens is 859 g/mol. The van der Waals surface area contributed by atoms with Gasteiger partial charge in [0.15, 0.2) is 0 Å². The van der Waals surface area contributed by atoms with Gasteiger partial charge in [-0.2, -0.15) is 0 Å². The Morgan fingerprint density at radius 2 is 0.841 bits per heavy atom. The molecule has 2 aliphatic heterocycles. The number of H-pyrrole nitrogens is 2. The zero-order valence-corrected chi connectivity index (χ0v) is 38.3. The summed E-state index contributed by atoms with van der Waals surface area (Å²) >= 11 is 0. The largest absolute Gasteiger partial charge is 0.399 e. The van der Waals surface area contributed by atoms with E-state index in [2.05, 4.69) is 57.0 Å². The molecule has 0 radical (unpaired) electrons. The summed E-state index contributed by atoms with van der Waals surface area (Å²) in [5, 5.41) is 6.10. The van der Waals surface area contributed by atoms with Crippen LogP contribution in [-0.4, -0.2) is 56.9 Å². The maximum atomic E-state index is 13.4. The van der Waals surface area contributed by atoms with Crippen molar-refractivity contribution in [2.75, 3.05) is 29.5 Å². The minimum absolute atomic E-state index is 0.264. The predicted molar refractivity (Wildman–Crippen MR) is 284 cm³/mol. The van der Waals surface area contributed by atoms with Crippen molar-refractivity contribution in [2.24, 2.45) is 22.9 Å². The summed E-state index contributed by atoms with van der Waals surface area (Å²) in [6, 6.07) is 40.3. The molecule has 9 rings (SSSR count). The van der Waals surface area contributed by atoms with Crippen molar-refractivity contribution >= 4 is 75.2 Å². The Bertz CT molecular complexity index is 3260. The molecule has 348 valence electrons. The molecule has 14 N–H and O–H groups in total. The molecule has 2 amide bonds. The van der Waals surface area contributed by atoms with Crippen LogP contribution >= 0.6 is 0 Å².